The molecule has 0 saturated carbocycles. The number of alkyl halides is 3. The van der Waals surface area contributed by atoms with Crippen LogP contribution in [-0.2, 0) is 17.5 Å². The summed E-state index contributed by atoms with van der Waals surface area (Å²) in [6, 6.07) is 2.53. The number of carbonyl (C=O) groups is 1. The Labute approximate surface area is 122 Å². The van der Waals surface area contributed by atoms with E-state index in [2.05, 4.69) is 10.4 Å². The molecule has 2 N–H and O–H groups in total. The third-order valence-electron chi connectivity index (χ3n) is 2.66. The fraction of sp³-hybridized carbons (Fsp3) is 0.333. The topological polar surface area (TPSA) is 67.2 Å². The predicted octanol–water partition coefficient (Wildman–Crippen LogP) is 1.81. The molecular weight excluding hydrogens is 307 g/mol. The summed E-state index contributed by atoms with van der Waals surface area (Å²) in [5.41, 5.74) is -0.368. The van der Waals surface area contributed by atoms with Crippen molar-refractivity contribution in [2.75, 3.05) is 6.54 Å². The molecule has 0 aliphatic heterocycles. The van der Waals surface area contributed by atoms with Crippen molar-refractivity contribution in [1.29, 1.82) is 0 Å². The standard InChI is InChI=1S/C12H12F3N3O2S/c13-12(14,15)10-1-3-18(17-10)6-11(20)16-5-9(19)8-2-4-21-7-8/h1-4,7,9,19H,5-6H2,(H,16,20). The predicted molar refractivity (Wildman–Crippen MR) is 69.5 cm³/mol. The molecule has 2 heterocycles. The maximum atomic E-state index is 12.3. The van der Waals surface area contributed by atoms with E-state index in [0.717, 1.165) is 16.9 Å². The van der Waals surface area contributed by atoms with Crippen molar-refractivity contribution in [2.45, 2.75) is 18.8 Å². The van der Waals surface area contributed by atoms with Gasteiger partial charge in [-0.05, 0) is 28.5 Å². The van der Waals surface area contributed by atoms with Crippen LogP contribution in [0, 0.1) is 0 Å². The number of thiophene rings is 1. The maximum absolute atomic E-state index is 12.3. The normalized spacial score (nSPS) is 13.1. The highest BCUT2D eigenvalue weighted by Gasteiger charge is 2.33. The van der Waals surface area contributed by atoms with Crippen LogP contribution in [0.1, 0.15) is 17.4 Å². The number of halogens is 3. The van der Waals surface area contributed by atoms with E-state index in [-0.39, 0.29) is 13.1 Å². The van der Waals surface area contributed by atoms with Gasteiger partial charge in [-0.25, -0.2) is 0 Å². The molecule has 114 valence electrons. The highest BCUT2D eigenvalue weighted by atomic mass is 32.1. The van der Waals surface area contributed by atoms with Gasteiger partial charge in [0.05, 0.1) is 6.10 Å². The third-order valence-corrected chi connectivity index (χ3v) is 3.36. The van der Waals surface area contributed by atoms with E-state index in [1.165, 1.54) is 11.3 Å². The molecule has 0 saturated heterocycles. The van der Waals surface area contributed by atoms with Crippen LogP contribution in [-0.4, -0.2) is 27.3 Å². The number of rotatable bonds is 5. The molecule has 0 aromatic carbocycles. The summed E-state index contributed by atoms with van der Waals surface area (Å²) in [7, 11) is 0. The first-order chi connectivity index (χ1) is 9.86. The first kappa shape index (κ1) is 15.5. The SMILES string of the molecule is O=C(Cn1ccc(C(F)(F)F)n1)NCC(O)c1ccsc1. The van der Waals surface area contributed by atoms with Crippen LogP contribution in [0.4, 0.5) is 13.2 Å². The van der Waals surface area contributed by atoms with Gasteiger partial charge in [-0.2, -0.15) is 29.6 Å². The van der Waals surface area contributed by atoms with Crippen LogP contribution in [0.3, 0.4) is 0 Å². The molecule has 0 aliphatic rings. The van der Waals surface area contributed by atoms with Gasteiger partial charge >= 0.3 is 6.18 Å². The summed E-state index contributed by atoms with van der Waals surface area (Å²) in [5, 5.41) is 19.0. The lowest BCUT2D eigenvalue weighted by atomic mass is 10.2. The Hall–Kier alpha value is -1.87. The van der Waals surface area contributed by atoms with Crippen molar-refractivity contribution in [2.24, 2.45) is 0 Å². The largest absolute Gasteiger partial charge is 0.435 e. The summed E-state index contributed by atoms with van der Waals surface area (Å²) in [5.74, 6) is -0.527. The molecule has 0 spiro atoms. The zero-order valence-corrected chi connectivity index (χ0v) is 11.5. The summed E-state index contributed by atoms with van der Waals surface area (Å²) in [4.78, 5) is 11.6. The Morgan fingerprint density at radius 3 is 2.81 bits per heavy atom. The van der Waals surface area contributed by atoms with Crippen LogP contribution < -0.4 is 5.32 Å². The zero-order chi connectivity index (χ0) is 15.5. The van der Waals surface area contributed by atoms with E-state index in [1.54, 1.807) is 16.8 Å². The minimum Gasteiger partial charge on any atom is -0.387 e. The van der Waals surface area contributed by atoms with Crippen LogP contribution in [0.5, 0.6) is 0 Å². The number of amides is 1. The number of aromatic nitrogens is 2. The van der Waals surface area contributed by atoms with Gasteiger partial charge in [0.1, 0.15) is 6.54 Å². The molecule has 1 unspecified atom stereocenters. The van der Waals surface area contributed by atoms with Crippen LogP contribution in [0.25, 0.3) is 0 Å². The molecule has 1 amide bonds. The Balaban J connectivity index is 1.83. The summed E-state index contributed by atoms with van der Waals surface area (Å²) in [6.45, 7) is -0.352. The molecule has 2 rings (SSSR count). The molecule has 2 aromatic rings. The average molecular weight is 319 g/mol. The van der Waals surface area contributed by atoms with Gasteiger partial charge in [-0.3, -0.25) is 9.48 Å². The van der Waals surface area contributed by atoms with Gasteiger partial charge in [-0.15, -0.1) is 0 Å². The van der Waals surface area contributed by atoms with Gasteiger partial charge in [0, 0.05) is 12.7 Å². The fourth-order valence-electron chi connectivity index (χ4n) is 1.60. The highest BCUT2D eigenvalue weighted by Crippen LogP contribution is 2.27. The van der Waals surface area contributed by atoms with Gasteiger partial charge in [0.25, 0.3) is 0 Å². The number of nitrogens with one attached hydrogen (secondary N) is 1. The lowest BCUT2D eigenvalue weighted by molar-refractivity contribution is -0.141. The molecular formula is C12H12F3N3O2S. The third kappa shape index (κ3) is 4.30. The monoisotopic (exact) mass is 319 g/mol. The lowest BCUT2D eigenvalue weighted by Crippen LogP contribution is -2.31. The highest BCUT2D eigenvalue weighted by molar-refractivity contribution is 7.07. The molecule has 21 heavy (non-hydrogen) atoms. The molecule has 9 heteroatoms. The molecule has 2 aromatic heterocycles. The quantitative estimate of drug-likeness (QED) is 0.883. The second kappa shape index (κ2) is 6.27. The van der Waals surface area contributed by atoms with E-state index in [4.69, 9.17) is 0 Å². The lowest BCUT2D eigenvalue weighted by Gasteiger charge is -2.10. The van der Waals surface area contributed by atoms with Gasteiger partial charge in [-0.1, -0.05) is 0 Å². The number of carbonyl (C=O) groups excluding carboxylic acids is 1. The van der Waals surface area contributed by atoms with E-state index in [1.807, 2.05) is 0 Å². The second-order valence-electron chi connectivity index (χ2n) is 4.27. The Morgan fingerprint density at radius 2 is 2.24 bits per heavy atom. The Morgan fingerprint density at radius 1 is 1.48 bits per heavy atom. The van der Waals surface area contributed by atoms with Crippen molar-refractivity contribution in [3.63, 3.8) is 0 Å². The average Bonchev–Trinajstić information content (AvgIpc) is 3.05. The zero-order valence-electron chi connectivity index (χ0n) is 10.7. The Bertz CT molecular complexity index is 595. The van der Waals surface area contributed by atoms with Crippen molar-refractivity contribution in [3.8, 4) is 0 Å². The number of aliphatic hydroxyl groups is 1. The first-order valence-electron chi connectivity index (χ1n) is 5.94. The van der Waals surface area contributed by atoms with Crippen LogP contribution in [0.15, 0.2) is 29.1 Å². The van der Waals surface area contributed by atoms with Crippen LogP contribution >= 0.6 is 11.3 Å². The van der Waals surface area contributed by atoms with Gasteiger partial charge in [0.2, 0.25) is 5.91 Å². The van der Waals surface area contributed by atoms with Gasteiger partial charge < -0.3 is 10.4 Å². The molecule has 0 fully saturated rings. The molecule has 0 bridgehead atoms. The number of hydrogen-bond donors (Lipinski definition) is 2. The van der Waals surface area contributed by atoms with E-state index in [9.17, 15) is 23.1 Å². The molecule has 0 radical (unpaired) electrons. The molecule has 0 aliphatic carbocycles. The van der Waals surface area contributed by atoms with Crippen molar-refractivity contribution >= 4 is 17.2 Å². The molecule has 1 atom stereocenters. The minimum absolute atomic E-state index is 0.0109. The Kier molecular flexibility index (Phi) is 4.63. The first-order valence-corrected chi connectivity index (χ1v) is 6.88. The minimum atomic E-state index is -4.53. The maximum Gasteiger partial charge on any atom is 0.435 e. The van der Waals surface area contributed by atoms with E-state index >= 15 is 0 Å². The summed E-state index contributed by atoms with van der Waals surface area (Å²) >= 11 is 1.42. The summed E-state index contributed by atoms with van der Waals surface area (Å²) in [6.07, 6.45) is -4.29. The van der Waals surface area contributed by atoms with Crippen molar-refractivity contribution in [1.82, 2.24) is 15.1 Å². The summed E-state index contributed by atoms with van der Waals surface area (Å²) < 4.78 is 37.9. The number of hydrogen-bond acceptors (Lipinski definition) is 4. The second-order valence-corrected chi connectivity index (χ2v) is 5.05. The number of nitrogens with zero attached hydrogens (tertiary/aromatic N) is 2. The molecule has 5 nitrogen and oxygen atoms in total. The van der Waals surface area contributed by atoms with Crippen molar-refractivity contribution < 1.29 is 23.1 Å². The fourth-order valence-corrected chi connectivity index (χ4v) is 2.30. The van der Waals surface area contributed by atoms with Crippen molar-refractivity contribution in [3.05, 3.63) is 40.3 Å². The number of aliphatic hydroxyl groups excluding tert-OH is 1. The van der Waals surface area contributed by atoms with Crippen LogP contribution in [0.2, 0.25) is 0 Å². The smallest absolute Gasteiger partial charge is 0.387 e. The van der Waals surface area contributed by atoms with E-state index < -0.39 is 23.9 Å². The van der Waals surface area contributed by atoms with Gasteiger partial charge in [0.15, 0.2) is 5.69 Å². The van der Waals surface area contributed by atoms with E-state index in [0.29, 0.717) is 5.56 Å².